The van der Waals surface area contributed by atoms with E-state index < -0.39 is 11.7 Å². The first kappa shape index (κ1) is 22.2. The number of pyridine rings is 1. The normalized spacial score (nSPS) is 16.2. The molecule has 4 nitrogen and oxygen atoms in total. The molecule has 0 bridgehead atoms. The summed E-state index contributed by atoms with van der Waals surface area (Å²) in [6.07, 6.45) is 11.1. The Bertz CT molecular complexity index is 979. The molecule has 1 aromatic heterocycles. The number of hydrogen-bond donors (Lipinski definition) is 1. The van der Waals surface area contributed by atoms with E-state index in [0.717, 1.165) is 16.7 Å². The van der Waals surface area contributed by atoms with E-state index in [1.807, 2.05) is 42.5 Å². The second-order valence-electron chi connectivity index (χ2n) is 6.34. The van der Waals surface area contributed by atoms with Crippen molar-refractivity contribution in [2.45, 2.75) is 12.5 Å². The SMILES string of the molecule is C#C.C(#Cc1cccnc1)c1ccccc1.C[C@]1(c2ccc(F)cc2)CNC(=O)O1. The van der Waals surface area contributed by atoms with Crippen LogP contribution in [0.3, 0.4) is 0 Å². The number of nitrogens with zero attached hydrogens (tertiary/aromatic N) is 1. The molecule has 1 amide bonds. The van der Waals surface area contributed by atoms with Crippen LogP contribution in [0.15, 0.2) is 79.1 Å². The van der Waals surface area contributed by atoms with Gasteiger partial charge in [-0.1, -0.05) is 42.2 Å². The predicted octanol–water partition coefficient (Wildman–Crippen LogP) is 4.51. The zero-order valence-corrected chi connectivity index (χ0v) is 16.5. The highest BCUT2D eigenvalue weighted by Gasteiger charge is 2.37. The molecule has 0 aliphatic carbocycles. The van der Waals surface area contributed by atoms with Crippen LogP contribution in [0.2, 0.25) is 0 Å². The zero-order chi connectivity index (χ0) is 21.8. The molecule has 3 aromatic rings. The molecule has 4 rings (SSSR count). The maximum absolute atomic E-state index is 12.7. The number of carbonyl (C=O) groups excluding carboxylic acids is 1. The molecule has 30 heavy (non-hydrogen) atoms. The number of rotatable bonds is 1. The van der Waals surface area contributed by atoms with E-state index in [4.69, 9.17) is 4.74 Å². The predicted molar refractivity (Wildman–Crippen MR) is 115 cm³/mol. The lowest BCUT2D eigenvalue weighted by molar-refractivity contribution is 0.0704. The van der Waals surface area contributed by atoms with Crippen molar-refractivity contribution in [1.82, 2.24) is 10.3 Å². The number of benzene rings is 2. The molecule has 150 valence electrons. The van der Waals surface area contributed by atoms with Crippen LogP contribution in [0.25, 0.3) is 0 Å². The summed E-state index contributed by atoms with van der Waals surface area (Å²) in [6, 6.07) is 19.7. The van der Waals surface area contributed by atoms with Gasteiger partial charge >= 0.3 is 6.09 Å². The van der Waals surface area contributed by atoms with Gasteiger partial charge in [-0.25, -0.2) is 9.18 Å². The number of alkyl carbamates (subject to hydrolysis) is 1. The minimum absolute atomic E-state index is 0.297. The van der Waals surface area contributed by atoms with Crippen LogP contribution in [-0.4, -0.2) is 17.6 Å². The van der Waals surface area contributed by atoms with E-state index in [2.05, 4.69) is 35.0 Å². The molecule has 0 unspecified atom stereocenters. The topological polar surface area (TPSA) is 51.2 Å². The third-order valence-electron chi connectivity index (χ3n) is 4.13. The van der Waals surface area contributed by atoms with Gasteiger partial charge in [0, 0.05) is 23.5 Å². The van der Waals surface area contributed by atoms with Gasteiger partial charge in [0.1, 0.15) is 5.82 Å². The van der Waals surface area contributed by atoms with E-state index in [0.29, 0.717) is 6.54 Å². The maximum Gasteiger partial charge on any atom is 0.408 e. The number of ether oxygens (including phenoxy) is 1. The molecular formula is C25H21FN2O2. The minimum Gasteiger partial charge on any atom is -0.436 e. The average molecular weight is 400 g/mol. The Hall–Kier alpha value is -4.09. The summed E-state index contributed by atoms with van der Waals surface area (Å²) in [7, 11) is 0. The highest BCUT2D eigenvalue weighted by Crippen LogP contribution is 2.28. The summed E-state index contributed by atoms with van der Waals surface area (Å²) < 4.78 is 17.8. The van der Waals surface area contributed by atoms with E-state index in [-0.39, 0.29) is 5.82 Å². The molecule has 1 aliphatic rings. The molecule has 2 heterocycles. The van der Waals surface area contributed by atoms with E-state index in [1.165, 1.54) is 12.1 Å². The van der Waals surface area contributed by atoms with Crippen LogP contribution in [0.1, 0.15) is 23.6 Å². The summed E-state index contributed by atoms with van der Waals surface area (Å²) in [4.78, 5) is 14.9. The fraction of sp³-hybridized carbons (Fsp3) is 0.120. The molecule has 1 saturated heterocycles. The van der Waals surface area contributed by atoms with Gasteiger partial charge in [-0.3, -0.25) is 4.98 Å². The molecular weight excluding hydrogens is 379 g/mol. The number of halogens is 1. The average Bonchev–Trinajstić information content (AvgIpc) is 3.15. The number of cyclic esters (lactones) is 1. The van der Waals surface area contributed by atoms with E-state index in [9.17, 15) is 9.18 Å². The van der Waals surface area contributed by atoms with Gasteiger partial charge in [-0.05, 0) is 48.9 Å². The summed E-state index contributed by atoms with van der Waals surface area (Å²) in [5, 5.41) is 2.57. The van der Waals surface area contributed by atoms with Crippen LogP contribution >= 0.6 is 0 Å². The first-order chi connectivity index (χ1) is 14.5. The first-order valence-electron chi connectivity index (χ1n) is 9.08. The van der Waals surface area contributed by atoms with Crippen LogP contribution in [0.5, 0.6) is 0 Å². The molecule has 0 spiro atoms. The van der Waals surface area contributed by atoms with Crippen LogP contribution in [0, 0.1) is 30.5 Å². The fourth-order valence-electron chi connectivity index (χ4n) is 2.58. The molecule has 0 saturated carbocycles. The Labute approximate surface area is 176 Å². The van der Waals surface area contributed by atoms with E-state index >= 15 is 0 Å². The van der Waals surface area contributed by atoms with Gasteiger partial charge < -0.3 is 10.1 Å². The molecule has 1 N–H and O–H groups in total. The highest BCUT2D eigenvalue weighted by molar-refractivity contribution is 5.70. The lowest BCUT2D eigenvalue weighted by atomic mass is 9.96. The van der Waals surface area contributed by atoms with Crippen molar-refractivity contribution in [2.24, 2.45) is 0 Å². The molecule has 2 aromatic carbocycles. The number of amides is 1. The van der Waals surface area contributed by atoms with Crippen LogP contribution in [-0.2, 0) is 10.3 Å². The van der Waals surface area contributed by atoms with Gasteiger partial charge in [0.05, 0.1) is 6.54 Å². The second-order valence-corrected chi connectivity index (χ2v) is 6.34. The molecule has 1 fully saturated rings. The van der Waals surface area contributed by atoms with E-state index in [1.54, 1.807) is 31.5 Å². The minimum atomic E-state index is -0.676. The Morgan fingerprint density at radius 1 is 1.00 bits per heavy atom. The Kier molecular flexibility index (Phi) is 8.17. The maximum atomic E-state index is 12.7. The number of aromatic nitrogens is 1. The Balaban J connectivity index is 0.000000197. The van der Waals surface area contributed by atoms with Crippen molar-refractivity contribution >= 4 is 6.09 Å². The lowest BCUT2D eigenvalue weighted by Crippen LogP contribution is -2.26. The highest BCUT2D eigenvalue weighted by atomic mass is 19.1. The Morgan fingerprint density at radius 3 is 2.20 bits per heavy atom. The summed E-state index contributed by atoms with van der Waals surface area (Å²) >= 11 is 0. The Morgan fingerprint density at radius 2 is 1.63 bits per heavy atom. The van der Waals surface area contributed by atoms with Crippen LogP contribution < -0.4 is 5.32 Å². The lowest BCUT2D eigenvalue weighted by Gasteiger charge is -2.21. The third kappa shape index (κ3) is 6.51. The van der Waals surface area contributed by atoms with Crippen molar-refractivity contribution in [3.05, 3.63) is 102 Å². The third-order valence-corrected chi connectivity index (χ3v) is 4.13. The van der Waals surface area contributed by atoms with Crippen LogP contribution in [0.4, 0.5) is 9.18 Å². The van der Waals surface area contributed by atoms with Crippen molar-refractivity contribution in [3.8, 4) is 24.7 Å². The van der Waals surface area contributed by atoms with Crippen molar-refractivity contribution in [1.29, 1.82) is 0 Å². The summed E-state index contributed by atoms with van der Waals surface area (Å²) in [5.41, 5.74) is 2.08. The molecule has 0 radical (unpaired) electrons. The van der Waals surface area contributed by atoms with Gasteiger partial charge in [-0.2, -0.15) is 0 Å². The van der Waals surface area contributed by atoms with Crippen molar-refractivity contribution in [3.63, 3.8) is 0 Å². The number of carbonyl (C=O) groups is 1. The standard InChI is InChI=1S/C13H9N.C10H10FNO2.C2H2/c1-2-5-12(6-3-1)8-9-13-7-4-10-14-11-13;1-10(6-12-9(13)14-10)7-2-4-8(11)5-3-7;1-2/h1-7,10-11H;2-5H,6H2,1H3,(H,12,13);1-2H/t;10-;/m.1./s1. The largest absolute Gasteiger partial charge is 0.436 e. The van der Waals surface area contributed by atoms with Gasteiger partial charge in [-0.15, -0.1) is 12.8 Å². The second kappa shape index (κ2) is 11.0. The number of nitrogens with one attached hydrogen (secondary N) is 1. The zero-order valence-electron chi connectivity index (χ0n) is 16.5. The van der Waals surface area contributed by atoms with Crippen molar-refractivity contribution < 1.29 is 13.9 Å². The van der Waals surface area contributed by atoms with Gasteiger partial charge in [0.25, 0.3) is 0 Å². The van der Waals surface area contributed by atoms with Gasteiger partial charge in [0.2, 0.25) is 0 Å². The quantitative estimate of drug-likeness (QED) is 0.612. The van der Waals surface area contributed by atoms with Crippen molar-refractivity contribution in [2.75, 3.05) is 6.54 Å². The number of terminal acetylenes is 1. The monoisotopic (exact) mass is 400 g/mol. The summed E-state index contributed by atoms with van der Waals surface area (Å²) in [5.74, 6) is 5.82. The van der Waals surface area contributed by atoms with Gasteiger partial charge in [0.15, 0.2) is 5.60 Å². The smallest absolute Gasteiger partial charge is 0.408 e. The molecule has 5 heteroatoms. The first-order valence-corrected chi connectivity index (χ1v) is 9.08. The molecule has 1 atom stereocenters. The summed E-state index contributed by atoms with van der Waals surface area (Å²) in [6.45, 7) is 2.20. The number of hydrogen-bond acceptors (Lipinski definition) is 3. The molecule has 1 aliphatic heterocycles. The fourth-order valence-corrected chi connectivity index (χ4v) is 2.58.